The molecule has 0 atom stereocenters. The van der Waals surface area contributed by atoms with Crippen molar-refractivity contribution in [2.45, 2.75) is 25.7 Å². The highest BCUT2D eigenvalue weighted by Crippen LogP contribution is 2.29. The maximum atomic E-state index is 12.6. The van der Waals surface area contributed by atoms with Gasteiger partial charge in [-0.3, -0.25) is 9.78 Å². The molecule has 1 aliphatic heterocycles. The van der Waals surface area contributed by atoms with E-state index in [1.54, 1.807) is 36.0 Å². The van der Waals surface area contributed by atoms with Crippen molar-refractivity contribution in [3.8, 4) is 10.7 Å². The van der Waals surface area contributed by atoms with Crippen LogP contribution in [0.1, 0.15) is 40.6 Å². The molecule has 132 valence electrons. The molecular weight excluding hydrogens is 346 g/mol. The van der Waals surface area contributed by atoms with E-state index >= 15 is 0 Å². The third-order valence-electron chi connectivity index (χ3n) is 4.58. The third kappa shape index (κ3) is 3.48. The van der Waals surface area contributed by atoms with Gasteiger partial charge in [0, 0.05) is 48.7 Å². The van der Waals surface area contributed by atoms with Gasteiger partial charge >= 0.3 is 0 Å². The molecule has 0 aliphatic carbocycles. The Bertz CT molecular complexity index is 890. The molecule has 1 fully saturated rings. The minimum atomic E-state index is 0.0465. The van der Waals surface area contributed by atoms with Crippen molar-refractivity contribution in [2.75, 3.05) is 13.1 Å². The Morgan fingerprint density at radius 3 is 2.77 bits per heavy atom. The number of nitrogens with zero attached hydrogens (tertiary/aromatic N) is 5. The number of rotatable bonds is 3. The van der Waals surface area contributed by atoms with Gasteiger partial charge in [0.05, 0.1) is 5.56 Å². The lowest BCUT2D eigenvalue weighted by molar-refractivity contribution is 0.0710. The summed E-state index contributed by atoms with van der Waals surface area (Å²) in [6.07, 6.45) is 6.83. The zero-order valence-corrected chi connectivity index (χ0v) is 15.3. The summed E-state index contributed by atoms with van der Waals surface area (Å²) in [6, 6.07) is 5.58. The van der Waals surface area contributed by atoms with Crippen LogP contribution in [0.25, 0.3) is 10.7 Å². The lowest BCUT2D eigenvalue weighted by Crippen LogP contribution is -2.38. The van der Waals surface area contributed by atoms with Crippen LogP contribution in [0.5, 0.6) is 0 Å². The molecule has 3 aromatic heterocycles. The van der Waals surface area contributed by atoms with Gasteiger partial charge in [0.15, 0.2) is 0 Å². The molecule has 4 rings (SSSR count). The van der Waals surface area contributed by atoms with Crippen LogP contribution >= 0.6 is 11.3 Å². The average Bonchev–Trinajstić information content (AvgIpc) is 3.23. The summed E-state index contributed by atoms with van der Waals surface area (Å²) in [4.78, 5) is 32.2. The fourth-order valence-corrected chi connectivity index (χ4v) is 3.84. The second kappa shape index (κ2) is 7.29. The molecule has 0 aromatic carbocycles. The topological polar surface area (TPSA) is 71.9 Å². The number of hydrogen-bond donors (Lipinski definition) is 0. The van der Waals surface area contributed by atoms with Crippen molar-refractivity contribution in [2.24, 2.45) is 0 Å². The van der Waals surface area contributed by atoms with E-state index < -0.39 is 0 Å². The minimum Gasteiger partial charge on any atom is -0.339 e. The summed E-state index contributed by atoms with van der Waals surface area (Å²) in [5, 5.41) is 2.87. The number of carbonyl (C=O) groups excluding carboxylic acids is 1. The first-order valence-corrected chi connectivity index (χ1v) is 9.53. The first-order chi connectivity index (χ1) is 12.7. The zero-order chi connectivity index (χ0) is 17.9. The molecule has 3 aromatic rings. The molecule has 0 spiro atoms. The maximum Gasteiger partial charge on any atom is 0.255 e. The van der Waals surface area contributed by atoms with E-state index in [0.29, 0.717) is 18.7 Å². The number of amides is 1. The first kappa shape index (κ1) is 16.8. The highest BCUT2D eigenvalue weighted by atomic mass is 32.1. The van der Waals surface area contributed by atoms with E-state index in [0.717, 1.165) is 35.1 Å². The van der Waals surface area contributed by atoms with Crippen LogP contribution in [0.2, 0.25) is 0 Å². The van der Waals surface area contributed by atoms with Gasteiger partial charge in [-0.2, -0.15) is 0 Å². The van der Waals surface area contributed by atoms with Crippen molar-refractivity contribution >= 4 is 17.2 Å². The van der Waals surface area contributed by atoms with Crippen molar-refractivity contribution in [3.05, 3.63) is 59.3 Å². The van der Waals surface area contributed by atoms with Crippen molar-refractivity contribution in [1.82, 2.24) is 24.8 Å². The number of aryl methyl sites for hydroxylation is 1. The number of carbonyl (C=O) groups is 1. The number of likely N-dealkylation sites (tertiary alicyclic amines) is 1. The number of thiazole rings is 1. The Labute approximate surface area is 156 Å². The summed E-state index contributed by atoms with van der Waals surface area (Å²) in [6.45, 7) is 3.41. The Morgan fingerprint density at radius 2 is 2.08 bits per heavy atom. The molecule has 0 saturated carbocycles. The van der Waals surface area contributed by atoms with Gasteiger partial charge in [0.25, 0.3) is 5.91 Å². The zero-order valence-electron chi connectivity index (χ0n) is 14.5. The number of pyridine rings is 1. The highest BCUT2D eigenvalue weighted by molar-refractivity contribution is 7.13. The maximum absolute atomic E-state index is 12.6. The lowest BCUT2D eigenvalue weighted by atomic mass is 9.95. The van der Waals surface area contributed by atoms with E-state index in [9.17, 15) is 4.79 Å². The van der Waals surface area contributed by atoms with Gasteiger partial charge < -0.3 is 4.90 Å². The molecular formula is C19H19N5OS. The normalized spacial score (nSPS) is 15.2. The van der Waals surface area contributed by atoms with Crippen LogP contribution < -0.4 is 0 Å². The molecule has 0 unspecified atom stereocenters. The SMILES string of the molecule is Cc1cc(-c2nccs2)nc(C2CCN(C(=O)c3cccnc3)CC2)n1. The predicted molar refractivity (Wildman–Crippen MR) is 100.0 cm³/mol. The molecule has 0 N–H and O–H groups in total. The lowest BCUT2D eigenvalue weighted by Gasteiger charge is -2.31. The predicted octanol–water partition coefficient (Wildman–Crippen LogP) is 3.32. The van der Waals surface area contributed by atoms with Crippen LogP contribution in [0.15, 0.2) is 42.2 Å². The second-order valence-corrected chi connectivity index (χ2v) is 7.29. The van der Waals surface area contributed by atoms with Crippen molar-refractivity contribution in [3.63, 3.8) is 0 Å². The fraction of sp³-hybridized carbons (Fsp3) is 0.316. The van der Waals surface area contributed by atoms with Crippen LogP contribution in [0, 0.1) is 6.92 Å². The summed E-state index contributed by atoms with van der Waals surface area (Å²) in [5.74, 6) is 1.18. The van der Waals surface area contributed by atoms with E-state index in [2.05, 4.69) is 15.0 Å². The summed E-state index contributed by atoms with van der Waals surface area (Å²) < 4.78 is 0. The molecule has 7 heteroatoms. The second-order valence-electron chi connectivity index (χ2n) is 6.40. The molecule has 1 amide bonds. The molecule has 1 saturated heterocycles. The van der Waals surface area contributed by atoms with Gasteiger partial charge in [0.1, 0.15) is 16.5 Å². The quantitative estimate of drug-likeness (QED) is 0.712. The van der Waals surface area contributed by atoms with Crippen LogP contribution in [0.3, 0.4) is 0 Å². The number of hydrogen-bond acceptors (Lipinski definition) is 6. The standard InChI is InChI=1S/C19H19N5OS/c1-13-11-16(18-21-7-10-26-18)23-17(22-13)14-4-8-24(9-5-14)19(25)15-3-2-6-20-12-15/h2-3,6-7,10-12,14H,4-5,8-9H2,1H3. The van der Waals surface area contributed by atoms with E-state index in [-0.39, 0.29) is 11.8 Å². The minimum absolute atomic E-state index is 0.0465. The van der Waals surface area contributed by atoms with E-state index in [4.69, 9.17) is 4.98 Å². The first-order valence-electron chi connectivity index (χ1n) is 8.65. The largest absolute Gasteiger partial charge is 0.339 e. The molecule has 1 aliphatic rings. The summed E-state index contributed by atoms with van der Waals surface area (Å²) >= 11 is 1.58. The highest BCUT2D eigenvalue weighted by Gasteiger charge is 2.26. The van der Waals surface area contributed by atoms with Gasteiger partial charge in [-0.15, -0.1) is 11.3 Å². The molecule has 4 heterocycles. The van der Waals surface area contributed by atoms with E-state index in [1.165, 1.54) is 0 Å². The molecule has 0 bridgehead atoms. The Hall–Kier alpha value is -2.67. The Morgan fingerprint density at radius 1 is 1.23 bits per heavy atom. The molecule has 26 heavy (non-hydrogen) atoms. The molecule has 0 radical (unpaired) electrons. The van der Waals surface area contributed by atoms with Crippen LogP contribution in [-0.4, -0.2) is 43.8 Å². The number of piperidine rings is 1. The van der Waals surface area contributed by atoms with Crippen molar-refractivity contribution < 1.29 is 4.79 Å². The summed E-state index contributed by atoms with van der Waals surface area (Å²) in [7, 11) is 0. The van der Waals surface area contributed by atoms with Gasteiger partial charge in [-0.25, -0.2) is 15.0 Å². The van der Waals surface area contributed by atoms with Gasteiger partial charge in [0.2, 0.25) is 0 Å². The fourth-order valence-electron chi connectivity index (χ4n) is 3.25. The summed E-state index contributed by atoms with van der Waals surface area (Å²) in [5.41, 5.74) is 2.48. The van der Waals surface area contributed by atoms with Crippen molar-refractivity contribution in [1.29, 1.82) is 0 Å². The number of aromatic nitrogens is 4. The molecule has 6 nitrogen and oxygen atoms in total. The monoisotopic (exact) mass is 365 g/mol. The average molecular weight is 365 g/mol. The van der Waals surface area contributed by atoms with Gasteiger partial charge in [-0.05, 0) is 38.0 Å². The smallest absolute Gasteiger partial charge is 0.255 e. The third-order valence-corrected chi connectivity index (χ3v) is 5.37. The Kier molecular flexibility index (Phi) is 4.71. The Balaban J connectivity index is 1.47. The van der Waals surface area contributed by atoms with Gasteiger partial charge in [-0.1, -0.05) is 0 Å². The van der Waals surface area contributed by atoms with Crippen LogP contribution in [0.4, 0.5) is 0 Å². The van der Waals surface area contributed by atoms with Crippen LogP contribution in [-0.2, 0) is 0 Å². The van der Waals surface area contributed by atoms with E-state index in [1.807, 2.05) is 29.3 Å².